The molecule has 2 N–H and O–H groups in total. The molecule has 2 saturated heterocycles. The minimum Gasteiger partial charge on any atom is -0.463 e. The van der Waals surface area contributed by atoms with Gasteiger partial charge in [0, 0.05) is 18.2 Å². The molecule has 0 bridgehead atoms. The summed E-state index contributed by atoms with van der Waals surface area (Å²) in [6.45, 7) is 7.53. The second kappa shape index (κ2) is 8.16. The van der Waals surface area contributed by atoms with E-state index in [9.17, 15) is 9.59 Å². The van der Waals surface area contributed by atoms with Crippen LogP contribution in [0.1, 0.15) is 26.7 Å². The summed E-state index contributed by atoms with van der Waals surface area (Å²) in [7, 11) is 0. The molecule has 25 heavy (non-hydrogen) atoms. The van der Waals surface area contributed by atoms with Crippen LogP contribution in [0.25, 0.3) is 0 Å². The van der Waals surface area contributed by atoms with Crippen molar-refractivity contribution in [3.8, 4) is 0 Å². The van der Waals surface area contributed by atoms with Gasteiger partial charge >= 0.3 is 12.0 Å². The predicted molar refractivity (Wildman–Crippen MR) is 89.6 cm³/mol. The first kappa shape index (κ1) is 18.2. The summed E-state index contributed by atoms with van der Waals surface area (Å²) in [6.07, 6.45) is 1.89. The van der Waals surface area contributed by atoms with Crippen molar-refractivity contribution < 1.29 is 23.8 Å². The van der Waals surface area contributed by atoms with Gasteiger partial charge in [-0.25, -0.2) is 9.59 Å². The molecule has 0 aromatic rings. The molecule has 3 rings (SSSR count). The van der Waals surface area contributed by atoms with E-state index < -0.39 is 0 Å². The molecule has 0 radical (unpaired) electrons. The number of urea groups is 1. The minimum absolute atomic E-state index is 0.0740. The molecule has 0 aliphatic carbocycles. The molecule has 2 fully saturated rings. The van der Waals surface area contributed by atoms with E-state index in [1.165, 1.54) is 0 Å². The first-order valence-electron chi connectivity index (χ1n) is 9.01. The third kappa shape index (κ3) is 4.31. The number of carbonyl (C=O) groups is 2. The Morgan fingerprint density at radius 2 is 1.96 bits per heavy atom. The number of carbonyl (C=O) groups excluding carboxylic acids is 2. The van der Waals surface area contributed by atoms with Crippen LogP contribution in [0.15, 0.2) is 11.3 Å². The Balaban J connectivity index is 1.63. The number of nitrogens with zero attached hydrogens (tertiary/aromatic N) is 1. The maximum absolute atomic E-state index is 12.3. The van der Waals surface area contributed by atoms with Crippen molar-refractivity contribution >= 4 is 12.0 Å². The van der Waals surface area contributed by atoms with Gasteiger partial charge in [0.15, 0.2) is 6.29 Å². The Labute approximate surface area is 147 Å². The van der Waals surface area contributed by atoms with Gasteiger partial charge in [0.25, 0.3) is 0 Å². The highest BCUT2D eigenvalue weighted by Gasteiger charge is 2.33. The Morgan fingerprint density at radius 3 is 2.60 bits per heavy atom. The first-order chi connectivity index (χ1) is 12.1. The fourth-order valence-electron chi connectivity index (χ4n) is 3.66. The molecular formula is C17H27N3O5. The van der Waals surface area contributed by atoms with E-state index in [-0.39, 0.29) is 24.3 Å². The topological polar surface area (TPSA) is 89.1 Å². The SMILES string of the molecule is CCOC(=O)C1=C(CN2CCC(C3OCCO3)CC2)NC(=O)NC1C. The lowest BCUT2D eigenvalue weighted by Gasteiger charge is -2.35. The van der Waals surface area contributed by atoms with Crippen LogP contribution in [0.3, 0.4) is 0 Å². The van der Waals surface area contributed by atoms with Gasteiger partial charge in [0.1, 0.15) is 0 Å². The molecule has 8 nitrogen and oxygen atoms in total. The Bertz CT molecular complexity index is 536. The monoisotopic (exact) mass is 353 g/mol. The number of piperidine rings is 1. The fraction of sp³-hybridized carbons (Fsp3) is 0.765. The molecule has 8 heteroatoms. The van der Waals surface area contributed by atoms with Crippen LogP contribution in [0.4, 0.5) is 4.79 Å². The zero-order valence-electron chi connectivity index (χ0n) is 14.9. The number of esters is 1. The molecule has 3 heterocycles. The standard InChI is InChI=1S/C17H27N3O5/c1-3-23-15(21)14-11(2)18-17(22)19-13(14)10-20-6-4-12(5-7-20)16-24-8-9-25-16/h11-12,16H,3-10H2,1-2H3,(H2,18,19,22). The molecule has 3 aliphatic rings. The van der Waals surface area contributed by atoms with Gasteiger partial charge < -0.3 is 24.8 Å². The number of ether oxygens (including phenoxy) is 3. The average Bonchev–Trinajstić information content (AvgIpc) is 3.09. The first-order valence-corrected chi connectivity index (χ1v) is 9.01. The molecule has 140 valence electrons. The van der Waals surface area contributed by atoms with E-state index in [1.54, 1.807) is 13.8 Å². The van der Waals surface area contributed by atoms with Crippen LogP contribution in [-0.4, -0.2) is 68.7 Å². The Kier molecular flexibility index (Phi) is 5.93. The summed E-state index contributed by atoms with van der Waals surface area (Å²) < 4.78 is 16.4. The number of nitrogens with one attached hydrogen (secondary N) is 2. The van der Waals surface area contributed by atoms with Crippen LogP contribution >= 0.6 is 0 Å². The van der Waals surface area contributed by atoms with Crippen molar-refractivity contribution in [1.82, 2.24) is 15.5 Å². The van der Waals surface area contributed by atoms with Gasteiger partial charge in [-0.05, 0) is 39.8 Å². The molecular weight excluding hydrogens is 326 g/mol. The van der Waals surface area contributed by atoms with Crippen LogP contribution in [0, 0.1) is 5.92 Å². The minimum atomic E-state index is -0.375. The van der Waals surface area contributed by atoms with E-state index in [4.69, 9.17) is 14.2 Å². The summed E-state index contributed by atoms with van der Waals surface area (Å²) in [5.41, 5.74) is 1.15. The molecule has 1 unspecified atom stereocenters. The molecule has 0 aromatic heterocycles. The third-order valence-electron chi connectivity index (χ3n) is 4.91. The van der Waals surface area contributed by atoms with Gasteiger partial charge in [-0.15, -0.1) is 0 Å². The summed E-state index contributed by atoms with van der Waals surface area (Å²) in [4.78, 5) is 26.3. The summed E-state index contributed by atoms with van der Waals surface area (Å²) >= 11 is 0. The second-order valence-electron chi connectivity index (χ2n) is 6.66. The number of hydrogen-bond acceptors (Lipinski definition) is 6. The zero-order valence-corrected chi connectivity index (χ0v) is 14.9. The molecule has 1 atom stereocenters. The lowest BCUT2D eigenvalue weighted by atomic mass is 9.95. The molecule has 2 amide bonds. The quantitative estimate of drug-likeness (QED) is 0.703. The van der Waals surface area contributed by atoms with Gasteiger partial charge in [0.2, 0.25) is 0 Å². The van der Waals surface area contributed by atoms with Crippen molar-refractivity contribution in [3.63, 3.8) is 0 Å². The zero-order chi connectivity index (χ0) is 17.8. The Hall–Kier alpha value is -1.64. The van der Waals surface area contributed by atoms with Gasteiger partial charge in [-0.2, -0.15) is 0 Å². The highest BCUT2D eigenvalue weighted by molar-refractivity contribution is 5.94. The molecule has 3 aliphatic heterocycles. The van der Waals surface area contributed by atoms with Crippen LogP contribution in [-0.2, 0) is 19.0 Å². The van der Waals surface area contributed by atoms with Crippen molar-refractivity contribution in [2.24, 2.45) is 5.92 Å². The van der Waals surface area contributed by atoms with E-state index in [1.807, 2.05) is 0 Å². The normalized spacial score (nSPS) is 26.5. The fourth-order valence-corrected chi connectivity index (χ4v) is 3.66. The van der Waals surface area contributed by atoms with Crippen molar-refractivity contribution in [3.05, 3.63) is 11.3 Å². The van der Waals surface area contributed by atoms with Gasteiger partial charge in [0.05, 0.1) is 31.4 Å². The van der Waals surface area contributed by atoms with Crippen molar-refractivity contribution in [2.45, 2.75) is 39.0 Å². The summed E-state index contributed by atoms with van der Waals surface area (Å²) in [6, 6.07) is -0.640. The number of amides is 2. The molecule has 0 aromatic carbocycles. The smallest absolute Gasteiger partial charge is 0.337 e. The Morgan fingerprint density at radius 1 is 1.28 bits per heavy atom. The maximum Gasteiger partial charge on any atom is 0.337 e. The predicted octanol–water partition coefficient (Wildman–Crippen LogP) is 0.590. The second-order valence-corrected chi connectivity index (χ2v) is 6.66. The maximum atomic E-state index is 12.3. The average molecular weight is 353 g/mol. The van der Waals surface area contributed by atoms with Crippen LogP contribution < -0.4 is 10.6 Å². The van der Waals surface area contributed by atoms with Gasteiger partial charge in [-0.1, -0.05) is 0 Å². The molecule has 0 saturated carbocycles. The number of rotatable bonds is 5. The van der Waals surface area contributed by atoms with Crippen LogP contribution in [0.2, 0.25) is 0 Å². The summed E-state index contributed by atoms with van der Waals surface area (Å²) in [5.74, 6) is 0.0407. The van der Waals surface area contributed by atoms with Crippen molar-refractivity contribution in [2.75, 3.05) is 39.5 Å². The molecule has 0 spiro atoms. The third-order valence-corrected chi connectivity index (χ3v) is 4.91. The van der Waals surface area contributed by atoms with Gasteiger partial charge in [-0.3, -0.25) is 4.90 Å². The van der Waals surface area contributed by atoms with Crippen molar-refractivity contribution in [1.29, 1.82) is 0 Å². The van der Waals surface area contributed by atoms with E-state index in [0.717, 1.165) is 25.9 Å². The van der Waals surface area contributed by atoms with E-state index >= 15 is 0 Å². The largest absolute Gasteiger partial charge is 0.463 e. The van der Waals surface area contributed by atoms with E-state index in [0.29, 0.717) is 43.6 Å². The van der Waals surface area contributed by atoms with Crippen LogP contribution in [0.5, 0.6) is 0 Å². The number of likely N-dealkylation sites (tertiary alicyclic amines) is 1. The summed E-state index contributed by atoms with van der Waals surface area (Å²) in [5, 5.41) is 5.51. The highest BCUT2D eigenvalue weighted by atomic mass is 16.7. The van der Waals surface area contributed by atoms with E-state index in [2.05, 4.69) is 15.5 Å². The lowest BCUT2D eigenvalue weighted by molar-refractivity contribution is -0.139. The lowest BCUT2D eigenvalue weighted by Crippen LogP contribution is -2.52. The number of hydrogen-bond donors (Lipinski definition) is 2. The highest BCUT2D eigenvalue weighted by Crippen LogP contribution is 2.26.